The number of hydrogen-bond donors (Lipinski definition) is 1. The van der Waals surface area contributed by atoms with Gasteiger partial charge in [-0.2, -0.15) is 0 Å². The van der Waals surface area contributed by atoms with Crippen molar-refractivity contribution in [2.24, 2.45) is 0 Å². The van der Waals surface area contributed by atoms with Crippen LogP contribution in [0, 0.1) is 12.7 Å². The van der Waals surface area contributed by atoms with Crippen LogP contribution in [0.4, 0.5) is 4.39 Å². The first-order chi connectivity index (χ1) is 7.54. The topological polar surface area (TPSA) is 32.9 Å². The fourth-order valence-electron chi connectivity index (χ4n) is 1.90. The molecule has 0 aliphatic rings. The largest absolute Gasteiger partial charge is 0.357 e. The predicted octanol–water partition coefficient (Wildman–Crippen LogP) is 3.19. The molecule has 2 nitrogen and oxygen atoms in total. The molecule has 0 atom stereocenters. The second-order valence-electron chi connectivity index (χ2n) is 3.72. The van der Waals surface area contributed by atoms with Gasteiger partial charge in [-0.25, -0.2) is 4.39 Å². The second-order valence-corrected chi connectivity index (χ2v) is 4.13. The van der Waals surface area contributed by atoms with E-state index in [-0.39, 0.29) is 10.5 Å². The highest BCUT2D eigenvalue weighted by Crippen LogP contribution is 2.22. The quantitative estimate of drug-likeness (QED) is 0.815. The zero-order valence-electron chi connectivity index (χ0n) is 9.03. The maximum absolute atomic E-state index is 13.2. The molecule has 16 heavy (non-hydrogen) atoms. The lowest BCUT2D eigenvalue weighted by Crippen LogP contribution is -2.12. The average Bonchev–Trinajstić information content (AvgIpc) is 2.21. The van der Waals surface area contributed by atoms with Crippen LogP contribution in [0.3, 0.4) is 0 Å². The predicted molar refractivity (Wildman–Crippen MR) is 63.7 cm³/mol. The third-order valence-electron chi connectivity index (χ3n) is 2.69. The van der Waals surface area contributed by atoms with Crippen LogP contribution in [0.1, 0.15) is 18.2 Å². The lowest BCUT2D eigenvalue weighted by atomic mass is 10.1. The molecule has 1 aromatic heterocycles. The summed E-state index contributed by atoms with van der Waals surface area (Å²) in [5.41, 5.74) is 1.82. The number of aromatic nitrogens is 1. The fraction of sp³-hybridized carbons (Fsp3) is 0.250. The Morgan fingerprint density at radius 3 is 2.75 bits per heavy atom. The molecule has 0 radical (unpaired) electrons. The maximum Gasteiger partial charge on any atom is 0.192 e. The molecule has 1 heterocycles. The highest BCUT2D eigenvalue weighted by atomic mass is 35.5. The van der Waals surface area contributed by atoms with Gasteiger partial charge in [0.15, 0.2) is 5.43 Å². The summed E-state index contributed by atoms with van der Waals surface area (Å²) in [7, 11) is 0. The summed E-state index contributed by atoms with van der Waals surface area (Å²) in [5, 5.41) is 0.547. The van der Waals surface area contributed by atoms with Gasteiger partial charge < -0.3 is 4.98 Å². The molecular weight excluding hydrogens is 229 g/mol. The zero-order chi connectivity index (χ0) is 11.9. The third-order valence-corrected chi connectivity index (χ3v) is 2.99. The molecule has 0 bridgehead atoms. The van der Waals surface area contributed by atoms with E-state index < -0.39 is 5.82 Å². The van der Waals surface area contributed by atoms with E-state index in [2.05, 4.69) is 4.98 Å². The van der Waals surface area contributed by atoms with Crippen LogP contribution < -0.4 is 5.43 Å². The molecular formula is C12H11ClFNO. The van der Waals surface area contributed by atoms with Crippen LogP contribution in [0.2, 0.25) is 5.02 Å². The summed E-state index contributed by atoms with van der Waals surface area (Å²) in [6.45, 7) is 3.71. The Morgan fingerprint density at radius 2 is 2.12 bits per heavy atom. The van der Waals surface area contributed by atoms with Crippen LogP contribution in [-0.4, -0.2) is 4.98 Å². The number of nitrogens with one attached hydrogen (secondary N) is 1. The maximum atomic E-state index is 13.2. The Kier molecular flexibility index (Phi) is 2.72. The molecule has 0 saturated carbocycles. The van der Waals surface area contributed by atoms with Gasteiger partial charge in [0.25, 0.3) is 0 Å². The zero-order valence-corrected chi connectivity index (χ0v) is 9.78. The molecule has 0 saturated heterocycles. The first-order valence-corrected chi connectivity index (χ1v) is 5.43. The van der Waals surface area contributed by atoms with Gasteiger partial charge in [-0.05, 0) is 25.5 Å². The van der Waals surface area contributed by atoms with Gasteiger partial charge in [0.1, 0.15) is 5.82 Å². The molecule has 2 aromatic rings. The summed E-state index contributed by atoms with van der Waals surface area (Å²) in [6.07, 6.45) is 0.616. The number of pyridine rings is 1. The van der Waals surface area contributed by atoms with E-state index in [1.807, 2.05) is 13.8 Å². The van der Waals surface area contributed by atoms with Crippen molar-refractivity contribution in [3.63, 3.8) is 0 Å². The van der Waals surface area contributed by atoms with E-state index in [4.69, 9.17) is 11.6 Å². The fourth-order valence-corrected chi connectivity index (χ4v) is 2.15. The molecule has 2 rings (SSSR count). The van der Waals surface area contributed by atoms with Crippen molar-refractivity contribution in [2.45, 2.75) is 20.3 Å². The van der Waals surface area contributed by atoms with Crippen molar-refractivity contribution in [3.05, 3.63) is 44.5 Å². The summed E-state index contributed by atoms with van der Waals surface area (Å²) in [4.78, 5) is 15.1. The highest BCUT2D eigenvalue weighted by Gasteiger charge is 2.11. The van der Waals surface area contributed by atoms with E-state index in [0.29, 0.717) is 22.9 Å². The van der Waals surface area contributed by atoms with Crippen molar-refractivity contribution < 1.29 is 4.39 Å². The van der Waals surface area contributed by atoms with Crippen molar-refractivity contribution in [3.8, 4) is 0 Å². The first kappa shape index (κ1) is 11.1. The minimum absolute atomic E-state index is 0.143. The summed E-state index contributed by atoms with van der Waals surface area (Å²) in [6, 6.07) is 2.42. The summed E-state index contributed by atoms with van der Waals surface area (Å²) < 4.78 is 13.2. The van der Waals surface area contributed by atoms with E-state index in [1.165, 1.54) is 12.1 Å². The Balaban J connectivity index is 2.99. The lowest BCUT2D eigenvalue weighted by Gasteiger charge is -2.07. The van der Waals surface area contributed by atoms with Gasteiger partial charge >= 0.3 is 0 Å². The van der Waals surface area contributed by atoms with E-state index >= 15 is 0 Å². The monoisotopic (exact) mass is 239 g/mol. The van der Waals surface area contributed by atoms with Crippen molar-refractivity contribution in [1.29, 1.82) is 0 Å². The van der Waals surface area contributed by atoms with Crippen LogP contribution in [0.5, 0.6) is 0 Å². The lowest BCUT2D eigenvalue weighted by molar-refractivity contribution is 0.629. The summed E-state index contributed by atoms with van der Waals surface area (Å²) >= 11 is 5.89. The minimum Gasteiger partial charge on any atom is -0.357 e. The number of aryl methyl sites for hydroxylation is 1. The Hall–Kier alpha value is -1.35. The molecule has 0 unspecified atom stereocenters. The van der Waals surface area contributed by atoms with E-state index in [1.54, 1.807) is 0 Å². The molecule has 4 heteroatoms. The number of aromatic amines is 1. The molecule has 1 N–H and O–H groups in total. The molecule has 1 aromatic carbocycles. The van der Waals surface area contributed by atoms with Crippen LogP contribution >= 0.6 is 11.6 Å². The molecule has 0 spiro atoms. The Bertz CT molecular complexity index is 618. The van der Waals surface area contributed by atoms with Crippen LogP contribution in [0.15, 0.2) is 16.9 Å². The van der Waals surface area contributed by atoms with Crippen molar-refractivity contribution in [2.75, 3.05) is 0 Å². The number of H-pyrrole nitrogens is 1. The second kappa shape index (κ2) is 3.91. The third kappa shape index (κ3) is 1.61. The normalized spacial score (nSPS) is 11.0. The van der Waals surface area contributed by atoms with Gasteiger partial charge in [0, 0.05) is 11.3 Å². The number of hydrogen-bond acceptors (Lipinski definition) is 1. The standard InChI is InChI=1S/C12H11ClFNO/c1-3-8-6(2)15-11-9(12(8)16)4-7(14)5-10(11)13/h4-5H,3H2,1-2H3,(H,15,16). The van der Waals surface area contributed by atoms with Gasteiger partial charge in [0.05, 0.1) is 15.9 Å². The van der Waals surface area contributed by atoms with Crippen molar-refractivity contribution in [1.82, 2.24) is 4.98 Å². The molecule has 0 aliphatic heterocycles. The minimum atomic E-state index is -0.492. The Morgan fingerprint density at radius 1 is 1.44 bits per heavy atom. The highest BCUT2D eigenvalue weighted by molar-refractivity contribution is 6.35. The SMILES string of the molecule is CCc1c(C)[nH]c2c(Cl)cc(F)cc2c1=O. The Labute approximate surface area is 97.1 Å². The smallest absolute Gasteiger partial charge is 0.192 e. The molecule has 0 fully saturated rings. The molecule has 84 valence electrons. The van der Waals surface area contributed by atoms with Gasteiger partial charge in [-0.1, -0.05) is 18.5 Å². The first-order valence-electron chi connectivity index (χ1n) is 5.05. The summed E-state index contributed by atoms with van der Waals surface area (Å²) in [5.74, 6) is -0.492. The van der Waals surface area contributed by atoms with Gasteiger partial charge in [-0.15, -0.1) is 0 Å². The number of benzene rings is 1. The van der Waals surface area contributed by atoms with Gasteiger partial charge in [0.2, 0.25) is 0 Å². The van der Waals surface area contributed by atoms with Gasteiger partial charge in [-0.3, -0.25) is 4.79 Å². The number of fused-ring (bicyclic) bond motifs is 1. The van der Waals surface area contributed by atoms with Crippen molar-refractivity contribution >= 4 is 22.5 Å². The number of rotatable bonds is 1. The van der Waals surface area contributed by atoms with Crippen LogP contribution in [0.25, 0.3) is 10.9 Å². The van der Waals surface area contributed by atoms with Crippen LogP contribution in [-0.2, 0) is 6.42 Å². The number of halogens is 2. The van der Waals surface area contributed by atoms with E-state index in [9.17, 15) is 9.18 Å². The van der Waals surface area contributed by atoms with E-state index in [0.717, 1.165) is 5.69 Å². The molecule has 0 amide bonds. The average molecular weight is 240 g/mol. The molecule has 0 aliphatic carbocycles.